The summed E-state index contributed by atoms with van der Waals surface area (Å²) in [6.07, 6.45) is -3.09. The van der Waals surface area contributed by atoms with E-state index in [1.54, 1.807) is 14.0 Å². The minimum atomic E-state index is -4.46. The highest BCUT2D eigenvalue weighted by molar-refractivity contribution is 7.22. The molecule has 29 heavy (non-hydrogen) atoms. The molecule has 0 radical (unpaired) electrons. The highest BCUT2D eigenvalue weighted by atomic mass is 32.1. The van der Waals surface area contributed by atoms with Gasteiger partial charge in [0.1, 0.15) is 0 Å². The average Bonchev–Trinajstić information content (AvgIpc) is 3.30. The third kappa shape index (κ3) is 3.49. The number of amides is 1. The molecule has 5 nitrogen and oxygen atoms in total. The molecule has 2 aromatic carbocycles. The van der Waals surface area contributed by atoms with Gasteiger partial charge in [0.15, 0.2) is 5.13 Å². The molecule has 148 valence electrons. The number of aromatic nitrogens is 3. The lowest BCUT2D eigenvalue weighted by molar-refractivity contribution is -0.137. The van der Waals surface area contributed by atoms with Crippen molar-refractivity contribution < 1.29 is 18.0 Å². The average molecular weight is 416 g/mol. The Kier molecular flexibility index (Phi) is 4.62. The van der Waals surface area contributed by atoms with Gasteiger partial charge in [-0.2, -0.15) is 18.3 Å². The minimum absolute atomic E-state index is 0.235. The van der Waals surface area contributed by atoms with Crippen LogP contribution in [0.15, 0.2) is 54.7 Å². The Morgan fingerprint density at radius 2 is 1.90 bits per heavy atom. The fourth-order valence-corrected chi connectivity index (χ4v) is 3.89. The lowest BCUT2D eigenvalue weighted by atomic mass is 10.2. The summed E-state index contributed by atoms with van der Waals surface area (Å²) in [4.78, 5) is 18.9. The Morgan fingerprint density at radius 1 is 1.14 bits per heavy atom. The SMILES string of the molecule is Cc1c(C(=O)N(C)c2nc3ccccc3s2)cnn1-c1cccc(C(F)(F)F)c1. The smallest absolute Gasteiger partial charge is 0.287 e. The number of anilines is 1. The minimum Gasteiger partial charge on any atom is -0.287 e. The number of hydrogen-bond acceptors (Lipinski definition) is 4. The number of halogens is 3. The Labute approximate surface area is 168 Å². The number of para-hydroxylation sites is 1. The second kappa shape index (κ2) is 7.00. The van der Waals surface area contributed by atoms with Crippen molar-refractivity contribution in [3.8, 4) is 5.69 Å². The summed E-state index contributed by atoms with van der Waals surface area (Å²) in [5.74, 6) is -0.334. The predicted octanol–water partition coefficient (Wildman–Crippen LogP) is 5.09. The van der Waals surface area contributed by atoms with E-state index in [0.29, 0.717) is 16.4 Å². The molecule has 0 unspecified atom stereocenters. The molecule has 0 aliphatic carbocycles. The van der Waals surface area contributed by atoms with E-state index >= 15 is 0 Å². The van der Waals surface area contributed by atoms with E-state index in [-0.39, 0.29) is 11.6 Å². The van der Waals surface area contributed by atoms with Gasteiger partial charge in [0.25, 0.3) is 5.91 Å². The number of carbonyl (C=O) groups is 1. The number of nitrogens with zero attached hydrogens (tertiary/aromatic N) is 4. The van der Waals surface area contributed by atoms with E-state index in [1.807, 2.05) is 24.3 Å². The zero-order valence-corrected chi connectivity index (χ0v) is 16.3. The molecule has 0 N–H and O–H groups in total. The summed E-state index contributed by atoms with van der Waals surface area (Å²) in [5.41, 5.74) is 0.998. The molecule has 9 heteroatoms. The van der Waals surface area contributed by atoms with Gasteiger partial charge in [-0.05, 0) is 37.3 Å². The van der Waals surface area contributed by atoms with Gasteiger partial charge >= 0.3 is 6.18 Å². The van der Waals surface area contributed by atoms with Crippen LogP contribution >= 0.6 is 11.3 Å². The summed E-state index contributed by atoms with van der Waals surface area (Å²) in [5, 5.41) is 4.66. The van der Waals surface area contributed by atoms with Gasteiger partial charge in [-0.3, -0.25) is 9.69 Å². The Morgan fingerprint density at radius 3 is 2.62 bits per heavy atom. The van der Waals surface area contributed by atoms with Crippen molar-refractivity contribution in [2.45, 2.75) is 13.1 Å². The predicted molar refractivity (Wildman–Crippen MR) is 106 cm³/mol. The van der Waals surface area contributed by atoms with Crippen LogP contribution in [0.3, 0.4) is 0 Å². The molecule has 2 aromatic heterocycles. The molecule has 4 aromatic rings. The van der Waals surface area contributed by atoms with Crippen LogP contribution < -0.4 is 4.90 Å². The van der Waals surface area contributed by atoms with Crippen LogP contribution in [0, 0.1) is 6.92 Å². The van der Waals surface area contributed by atoms with Crippen molar-refractivity contribution in [1.29, 1.82) is 0 Å². The maximum Gasteiger partial charge on any atom is 0.416 e. The van der Waals surface area contributed by atoms with Gasteiger partial charge in [-0.15, -0.1) is 0 Å². The molecular formula is C20H15F3N4OS. The Hall–Kier alpha value is -3.20. The number of thiazole rings is 1. The summed E-state index contributed by atoms with van der Waals surface area (Å²) >= 11 is 1.38. The summed E-state index contributed by atoms with van der Waals surface area (Å²) in [6.45, 7) is 1.65. The zero-order valence-electron chi connectivity index (χ0n) is 15.4. The molecule has 0 saturated heterocycles. The molecule has 0 bridgehead atoms. The molecule has 2 heterocycles. The first-order chi connectivity index (χ1) is 13.8. The maximum absolute atomic E-state index is 13.0. The first kappa shape index (κ1) is 19.1. The first-order valence-electron chi connectivity index (χ1n) is 8.61. The van der Waals surface area contributed by atoms with Gasteiger partial charge in [0.05, 0.1) is 38.9 Å². The molecule has 0 aliphatic rings. The topological polar surface area (TPSA) is 51.0 Å². The van der Waals surface area contributed by atoms with Crippen molar-refractivity contribution in [3.63, 3.8) is 0 Å². The third-order valence-electron chi connectivity index (χ3n) is 4.53. The van der Waals surface area contributed by atoms with Crippen LogP contribution in [0.4, 0.5) is 18.3 Å². The van der Waals surface area contributed by atoms with E-state index in [4.69, 9.17) is 0 Å². The van der Waals surface area contributed by atoms with Gasteiger partial charge in [0.2, 0.25) is 0 Å². The standard InChI is InChI=1S/C20H15F3N4OS/c1-12-15(11-24-27(12)14-7-5-6-13(10-14)20(21,22)23)18(28)26(2)19-25-16-8-3-4-9-17(16)29-19/h3-11H,1-2H3. The highest BCUT2D eigenvalue weighted by Gasteiger charge is 2.31. The number of alkyl halides is 3. The number of hydrogen-bond donors (Lipinski definition) is 0. The number of carbonyl (C=O) groups excluding carboxylic acids is 1. The zero-order chi connectivity index (χ0) is 20.8. The molecule has 1 amide bonds. The largest absolute Gasteiger partial charge is 0.416 e. The van der Waals surface area contributed by atoms with Gasteiger partial charge < -0.3 is 0 Å². The lowest BCUT2D eigenvalue weighted by Crippen LogP contribution is -2.26. The van der Waals surface area contributed by atoms with Crippen LogP contribution in [-0.4, -0.2) is 27.7 Å². The van der Waals surface area contributed by atoms with E-state index in [0.717, 1.165) is 22.3 Å². The number of benzene rings is 2. The van der Waals surface area contributed by atoms with Crippen molar-refractivity contribution in [3.05, 3.63) is 71.5 Å². The van der Waals surface area contributed by atoms with Crippen LogP contribution in [0.25, 0.3) is 15.9 Å². The third-order valence-corrected chi connectivity index (χ3v) is 5.65. The van der Waals surface area contributed by atoms with Gasteiger partial charge in [-0.25, -0.2) is 9.67 Å². The molecule has 0 fully saturated rings. The Balaban J connectivity index is 1.67. The Bertz CT molecular complexity index is 1180. The lowest BCUT2D eigenvalue weighted by Gasteiger charge is -2.14. The van der Waals surface area contributed by atoms with Crippen molar-refractivity contribution >= 4 is 32.6 Å². The summed E-state index contributed by atoms with van der Waals surface area (Å²) in [7, 11) is 1.61. The van der Waals surface area contributed by atoms with E-state index in [2.05, 4.69) is 10.1 Å². The van der Waals surface area contributed by atoms with E-state index in [1.165, 1.54) is 39.2 Å². The van der Waals surface area contributed by atoms with Crippen molar-refractivity contribution in [2.75, 3.05) is 11.9 Å². The summed E-state index contributed by atoms with van der Waals surface area (Å²) < 4.78 is 41.3. The van der Waals surface area contributed by atoms with Crippen molar-refractivity contribution in [1.82, 2.24) is 14.8 Å². The second-order valence-electron chi connectivity index (χ2n) is 6.43. The van der Waals surface area contributed by atoms with E-state index < -0.39 is 11.7 Å². The van der Waals surface area contributed by atoms with Gasteiger partial charge in [-0.1, -0.05) is 29.5 Å². The normalized spacial score (nSPS) is 11.8. The molecule has 0 saturated carbocycles. The summed E-state index contributed by atoms with van der Waals surface area (Å²) in [6, 6.07) is 12.4. The molecule has 0 atom stereocenters. The monoisotopic (exact) mass is 416 g/mol. The quantitative estimate of drug-likeness (QED) is 0.468. The molecule has 0 spiro atoms. The molecule has 0 aliphatic heterocycles. The van der Waals surface area contributed by atoms with Crippen LogP contribution in [-0.2, 0) is 6.18 Å². The van der Waals surface area contributed by atoms with E-state index in [9.17, 15) is 18.0 Å². The second-order valence-corrected chi connectivity index (χ2v) is 7.44. The van der Waals surface area contributed by atoms with Crippen LogP contribution in [0.5, 0.6) is 0 Å². The number of rotatable bonds is 3. The van der Waals surface area contributed by atoms with Crippen LogP contribution in [0.2, 0.25) is 0 Å². The van der Waals surface area contributed by atoms with Crippen LogP contribution in [0.1, 0.15) is 21.6 Å². The first-order valence-corrected chi connectivity index (χ1v) is 9.43. The fourth-order valence-electron chi connectivity index (χ4n) is 2.96. The fraction of sp³-hybridized carbons (Fsp3) is 0.150. The van der Waals surface area contributed by atoms with Crippen molar-refractivity contribution in [2.24, 2.45) is 0 Å². The molecule has 4 rings (SSSR count). The molecular weight excluding hydrogens is 401 g/mol. The van der Waals surface area contributed by atoms with Gasteiger partial charge in [0, 0.05) is 7.05 Å². The number of fused-ring (bicyclic) bond motifs is 1. The highest BCUT2D eigenvalue weighted by Crippen LogP contribution is 2.31. The maximum atomic E-state index is 13.0.